The molecule has 0 fully saturated rings. The van der Waals surface area contributed by atoms with Crippen LogP contribution < -0.4 is 10.6 Å². The molecule has 0 aliphatic carbocycles. The van der Waals surface area contributed by atoms with E-state index in [-0.39, 0.29) is 18.7 Å². The zero-order chi connectivity index (χ0) is 12.0. The molecule has 1 aromatic carbocycles. The third kappa shape index (κ3) is 3.61. The number of amides is 1. The second-order valence-corrected chi connectivity index (χ2v) is 3.24. The van der Waals surface area contributed by atoms with Gasteiger partial charge >= 0.3 is 5.97 Å². The molecule has 0 unspecified atom stereocenters. The van der Waals surface area contributed by atoms with Crippen LogP contribution in [0.25, 0.3) is 0 Å². The number of carbonyl (C=O) groups is 2. The Morgan fingerprint density at radius 2 is 1.81 bits per heavy atom. The number of rotatable bonds is 5. The van der Waals surface area contributed by atoms with E-state index in [4.69, 9.17) is 5.11 Å². The lowest BCUT2D eigenvalue weighted by Crippen LogP contribution is -2.14. The van der Waals surface area contributed by atoms with Crippen molar-refractivity contribution in [2.75, 3.05) is 17.7 Å². The fourth-order valence-electron chi connectivity index (χ4n) is 1.24. The average Bonchev–Trinajstić information content (AvgIpc) is 2.27. The van der Waals surface area contributed by atoms with Crippen LogP contribution in [0.3, 0.4) is 0 Å². The molecule has 3 N–H and O–H groups in total. The SMILES string of the molecule is CNc1ccccc1NC(=O)CCC(=O)O. The Morgan fingerprint density at radius 1 is 1.19 bits per heavy atom. The highest BCUT2D eigenvalue weighted by Crippen LogP contribution is 2.20. The molecule has 0 aliphatic heterocycles. The third-order valence-corrected chi connectivity index (χ3v) is 2.04. The minimum atomic E-state index is -0.975. The maximum absolute atomic E-state index is 11.4. The van der Waals surface area contributed by atoms with Gasteiger partial charge in [-0.2, -0.15) is 0 Å². The number of anilines is 2. The summed E-state index contributed by atoms with van der Waals surface area (Å²) in [6, 6.07) is 7.23. The van der Waals surface area contributed by atoms with Crippen LogP contribution in [0.1, 0.15) is 12.8 Å². The number of carboxylic acids is 1. The second-order valence-electron chi connectivity index (χ2n) is 3.24. The summed E-state index contributed by atoms with van der Waals surface area (Å²) in [5.41, 5.74) is 1.45. The van der Waals surface area contributed by atoms with E-state index in [0.717, 1.165) is 5.69 Å². The molecule has 0 saturated heterocycles. The maximum atomic E-state index is 11.4. The molecule has 86 valence electrons. The van der Waals surface area contributed by atoms with Crippen molar-refractivity contribution in [2.24, 2.45) is 0 Å². The van der Waals surface area contributed by atoms with E-state index in [1.54, 1.807) is 19.2 Å². The van der Waals surface area contributed by atoms with Crippen LogP contribution in [-0.2, 0) is 9.59 Å². The molecule has 5 nitrogen and oxygen atoms in total. The van der Waals surface area contributed by atoms with E-state index in [9.17, 15) is 9.59 Å². The minimum absolute atomic E-state index is 0.0205. The molecule has 5 heteroatoms. The lowest BCUT2D eigenvalue weighted by Gasteiger charge is -2.09. The predicted octanol–water partition coefficient (Wildman–Crippen LogP) is 1.53. The van der Waals surface area contributed by atoms with Crippen LogP contribution in [0, 0.1) is 0 Å². The average molecular weight is 222 g/mol. The van der Waals surface area contributed by atoms with Gasteiger partial charge in [-0.15, -0.1) is 0 Å². The van der Waals surface area contributed by atoms with Gasteiger partial charge in [0, 0.05) is 13.5 Å². The summed E-state index contributed by atoms with van der Waals surface area (Å²) >= 11 is 0. The fourth-order valence-corrected chi connectivity index (χ4v) is 1.24. The summed E-state index contributed by atoms with van der Waals surface area (Å²) in [5.74, 6) is -1.28. The zero-order valence-corrected chi connectivity index (χ0v) is 8.99. The Kier molecular flexibility index (Phi) is 4.32. The monoisotopic (exact) mass is 222 g/mol. The Morgan fingerprint density at radius 3 is 2.38 bits per heavy atom. The Hall–Kier alpha value is -2.04. The van der Waals surface area contributed by atoms with Crippen LogP contribution in [0.5, 0.6) is 0 Å². The second kappa shape index (κ2) is 5.75. The molecule has 0 radical (unpaired) electrons. The molecule has 1 amide bonds. The highest BCUT2D eigenvalue weighted by atomic mass is 16.4. The van der Waals surface area contributed by atoms with Gasteiger partial charge in [0.1, 0.15) is 0 Å². The highest BCUT2D eigenvalue weighted by Gasteiger charge is 2.07. The van der Waals surface area contributed by atoms with Crippen molar-refractivity contribution >= 4 is 23.3 Å². The van der Waals surface area contributed by atoms with E-state index in [0.29, 0.717) is 5.69 Å². The number of aliphatic carboxylic acids is 1. The molecule has 0 spiro atoms. The summed E-state index contributed by atoms with van der Waals surface area (Å²) in [7, 11) is 1.75. The lowest BCUT2D eigenvalue weighted by atomic mass is 10.2. The van der Waals surface area contributed by atoms with Gasteiger partial charge in [0.2, 0.25) is 5.91 Å². The first-order valence-corrected chi connectivity index (χ1v) is 4.92. The van der Waals surface area contributed by atoms with Crippen LogP contribution in [0.2, 0.25) is 0 Å². The summed E-state index contributed by atoms with van der Waals surface area (Å²) in [6.07, 6.45) is -0.180. The number of hydrogen-bond donors (Lipinski definition) is 3. The minimum Gasteiger partial charge on any atom is -0.481 e. The van der Waals surface area contributed by atoms with Crippen molar-refractivity contribution < 1.29 is 14.7 Å². The Bertz CT molecular complexity index is 391. The summed E-state index contributed by atoms with van der Waals surface area (Å²) < 4.78 is 0. The molecule has 0 bridgehead atoms. The topological polar surface area (TPSA) is 78.4 Å². The van der Waals surface area contributed by atoms with Crippen LogP contribution >= 0.6 is 0 Å². The summed E-state index contributed by atoms with van der Waals surface area (Å²) in [5, 5.41) is 14.0. The van der Waals surface area contributed by atoms with Crippen LogP contribution in [0.15, 0.2) is 24.3 Å². The van der Waals surface area contributed by atoms with Crippen LogP contribution in [-0.4, -0.2) is 24.0 Å². The standard InChI is InChI=1S/C11H14N2O3/c1-12-8-4-2-3-5-9(8)13-10(14)6-7-11(15)16/h2-5,12H,6-7H2,1H3,(H,13,14)(H,15,16). The summed E-state index contributed by atoms with van der Waals surface area (Å²) in [6.45, 7) is 0. The quantitative estimate of drug-likeness (QED) is 0.706. The molecule has 0 heterocycles. The van der Waals surface area contributed by atoms with Crippen LogP contribution in [0.4, 0.5) is 11.4 Å². The largest absolute Gasteiger partial charge is 0.481 e. The van der Waals surface area contributed by atoms with Crippen molar-refractivity contribution in [1.82, 2.24) is 0 Å². The number of carbonyl (C=O) groups excluding carboxylic acids is 1. The molecule has 0 atom stereocenters. The van der Waals surface area contributed by atoms with Gasteiger partial charge in [-0.05, 0) is 12.1 Å². The Labute approximate surface area is 93.5 Å². The number of benzene rings is 1. The van der Waals surface area contributed by atoms with E-state index < -0.39 is 5.97 Å². The molecule has 1 rings (SSSR count). The van der Waals surface area contributed by atoms with Crippen molar-refractivity contribution in [3.8, 4) is 0 Å². The third-order valence-electron chi connectivity index (χ3n) is 2.04. The first kappa shape index (κ1) is 12.0. The fraction of sp³-hybridized carbons (Fsp3) is 0.273. The van der Waals surface area contributed by atoms with E-state index in [1.165, 1.54) is 0 Å². The van der Waals surface area contributed by atoms with Crippen molar-refractivity contribution in [1.29, 1.82) is 0 Å². The normalized spacial score (nSPS) is 9.56. The maximum Gasteiger partial charge on any atom is 0.303 e. The number of para-hydroxylation sites is 2. The number of carboxylic acid groups (broad SMARTS) is 1. The lowest BCUT2D eigenvalue weighted by molar-refractivity contribution is -0.138. The molecular weight excluding hydrogens is 208 g/mol. The zero-order valence-electron chi connectivity index (χ0n) is 8.99. The van der Waals surface area contributed by atoms with Gasteiger partial charge in [0.25, 0.3) is 0 Å². The molecule has 16 heavy (non-hydrogen) atoms. The molecule has 0 saturated carbocycles. The van der Waals surface area contributed by atoms with Gasteiger partial charge in [-0.1, -0.05) is 12.1 Å². The molecule has 0 aliphatic rings. The van der Waals surface area contributed by atoms with Gasteiger partial charge in [0.05, 0.1) is 17.8 Å². The Balaban J connectivity index is 2.58. The molecular formula is C11H14N2O3. The van der Waals surface area contributed by atoms with Gasteiger partial charge in [-0.25, -0.2) is 0 Å². The van der Waals surface area contributed by atoms with Crippen molar-refractivity contribution in [2.45, 2.75) is 12.8 Å². The first-order chi connectivity index (χ1) is 7.63. The van der Waals surface area contributed by atoms with E-state index in [2.05, 4.69) is 10.6 Å². The number of hydrogen-bond acceptors (Lipinski definition) is 3. The van der Waals surface area contributed by atoms with Gasteiger partial charge in [-0.3, -0.25) is 9.59 Å². The molecule has 0 aromatic heterocycles. The number of nitrogens with one attached hydrogen (secondary N) is 2. The van der Waals surface area contributed by atoms with Crippen molar-refractivity contribution in [3.05, 3.63) is 24.3 Å². The van der Waals surface area contributed by atoms with Gasteiger partial charge in [0.15, 0.2) is 0 Å². The summed E-state index contributed by atoms with van der Waals surface area (Å²) in [4.78, 5) is 21.7. The van der Waals surface area contributed by atoms with E-state index >= 15 is 0 Å². The van der Waals surface area contributed by atoms with E-state index in [1.807, 2.05) is 12.1 Å². The smallest absolute Gasteiger partial charge is 0.303 e. The highest BCUT2D eigenvalue weighted by molar-refractivity contribution is 5.95. The first-order valence-electron chi connectivity index (χ1n) is 4.92. The van der Waals surface area contributed by atoms with Gasteiger partial charge < -0.3 is 15.7 Å². The van der Waals surface area contributed by atoms with Crippen molar-refractivity contribution in [3.63, 3.8) is 0 Å². The molecule has 1 aromatic rings. The predicted molar refractivity (Wildman–Crippen MR) is 61.5 cm³/mol.